The van der Waals surface area contributed by atoms with Gasteiger partial charge in [-0.1, -0.05) is 11.6 Å². The van der Waals surface area contributed by atoms with E-state index in [9.17, 15) is 8.78 Å². The standard InChI is InChI=1S/C22H24ClF2N7O/c1-13-6-19(27-12-26-13)31-10-14-2-3-15(11-31)20(14)28-21-29-22(32(30-21)5-4-24)33-18-8-16(23)7-17(25)9-18/h6-9,12,14-15,20H,2-5,10-11H2,1H3,(H,28,30). The van der Waals surface area contributed by atoms with Gasteiger partial charge in [0.15, 0.2) is 0 Å². The van der Waals surface area contributed by atoms with Crippen molar-refractivity contribution in [2.75, 3.05) is 30.0 Å². The molecular formula is C22H24ClF2N7O. The number of benzene rings is 1. The molecule has 2 aliphatic rings. The number of aryl methyl sites for hydroxylation is 2. The maximum atomic E-state index is 13.7. The molecular weight excluding hydrogens is 452 g/mol. The number of hydrogen-bond donors (Lipinski definition) is 1. The van der Waals surface area contributed by atoms with Crippen LogP contribution in [0.1, 0.15) is 18.5 Å². The highest BCUT2D eigenvalue weighted by molar-refractivity contribution is 6.30. The maximum absolute atomic E-state index is 13.7. The molecule has 1 aromatic carbocycles. The first-order chi connectivity index (χ1) is 16.0. The summed E-state index contributed by atoms with van der Waals surface area (Å²) in [5, 5.41) is 8.03. The Kier molecular flexibility index (Phi) is 6.01. The van der Waals surface area contributed by atoms with Crippen LogP contribution in [0.2, 0.25) is 5.02 Å². The van der Waals surface area contributed by atoms with E-state index in [2.05, 4.69) is 30.3 Å². The number of fused-ring (bicyclic) bond motifs is 2. The number of ether oxygens (including phenoxy) is 1. The second-order valence-corrected chi connectivity index (χ2v) is 8.96. The maximum Gasteiger partial charge on any atom is 0.322 e. The smallest absolute Gasteiger partial charge is 0.322 e. The van der Waals surface area contributed by atoms with Crippen LogP contribution in [-0.2, 0) is 6.54 Å². The quantitative estimate of drug-likeness (QED) is 0.547. The number of nitrogens with zero attached hydrogens (tertiary/aromatic N) is 6. The lowest BCUT2D eigenvalue weighted by Crippen LogP contribution is -2.48. The van der Waals surface area contributed by atoms with Gasteiger partial charge in [0.2, 0.25) is 5.95 Å². The molecule has 2 fully saturated rings. The van der Waals surface area contributed by atoms with Crippen LogP contribution >= 0.6 is 11.6 Å². The molecule has 1 aliphatic carbocycles. The third-order valence-electron chi connectivity index (χ3n) is 6.22. The van der Waals surface area contributed by atoms with Crippen LogP contribution in [0.3, 0.4) is 0 Å². The fourth-order valence-corrected chi connectivity index (χ4v) is 5.00. The van der Waals surface area contributed by atoms with Gasteiger partial charge in [0.1, 0.15) is 30.4 Å². The van der Waals surface area contributed by atoms with Gasteiger partial charge in [-0.25, -0.2) is 23.4 Å². The number of hydrogen-bond acceptors (Lipinski definition) is 7. The predicted octanol–water partition coefficient (Wildman–Crippen LogP) is 4.26. The molecule has 1 N–H and O–H groups in total. The number of aromatic nitrogens is 5. The molecule has 2 bridgehead atoms. The van der Waals surface area contributed by atoms with Crippen LogP contribution in [0.4, 0.5) is 20.5 Å². The van der Waals surface area contributed by atoms with E-state index >= 15 is 0 Å². The average molecular weight is 476 g/mol. The third-order valence-corrected chi connectivity index (χ3v) is 6.44. The van der Waals surface area contributed by atoms with E-state index in [1.165, 1.54) is 22.9 Å². The monoisotopic (exact) mass is 475 g/mol. The van der Waals surface area contributed by atoms with E-state index in [0.717, 1.165) is 37.4 Å². The molecule has 2 aromatic heterocycles. The Hall–Kier alpha value is -3.01. The third kappa shape index (κ3) is 4.71. The Morgan fingerprint density at radius 3 is 2.64 bits per heavy atom. The average Bonchev–Trinajstić information content (AvgIpc) is 3.22. The summed E-state index contributed by atoms with van der Waals surface area (Å²) in [6.45, 7) is 3.06. The Bertz CT molecular complexity index is 1110. The molecule has 0 radical (unpaired) electrons. The summed E-state index contributed by atoms with van der Waals surface area (Å²) >= 11 is 5.91. The van der Waals surface area contributed by atoms with Crippen molar-refractivity contribution in [3.05, 3.63) is 47.1 Å². The number of nitrogens with one attached hydrogen (secondary N) is 1. The molecule has 11 heteroatoms. The number of rotatable bonds is 7. The molecule has 174 valence electrons. The molecule has 1 aliphatic heterocycles. The van der Waals surface area contributed by atoms with Crippen molar-refractivity contribution in [1.82, 2.24) is 24.7 Å². The summed E-state index contributed by atoms with van der Waals surface area (Å²) < 4.78 is 33.8. The van der Waals surface area contributed by atoms with Crippen molar-refractivity contribution in [2.45, 2.75) is 32.4 Å². The molecule has 8 nitrogen and oxygen atoms in total. The van der Waals surface area contributed by atoms with E-state index in [-0.39, 0.29) is 29.4 Å². The second kappa shape index (κ2) is 9.09. The second-order valence-electron chi connectivity index (χ2n) is 8.53. The highest BCUT2D eigenvalue weighted by atomic mass is 35.5. The summed E-state index contributed by atoms with van der Waals surface area (Å²) in [6, 6.07) is 6.13. The van der Waals surface area contributed by atoms with Crippen molar-refractivity contribution in [3.8, 4) is 11.8 Å². The molecule has 1 saturated heterocycles. The number of piperidine rings is 1. The lowest BCUT2D eigenvalue weighted by molar-refractivity contribution is 0.362. The number of halogens is 3. The van der Waals surface area contributed by atoms with E-state index in [1.54, 1.807) is 6.33 Å². The molecule has 0 spiro atoms. The molecule has 2 atom stereocenters. The lowest BCUT2D eigenvalue weighted by Gasteiger charge is -2.38. The molecule has 5 rings (SSSR count). The van der Waals surface area contributed by atoms with Crippen molar-refractivity contribution in [3.63, 3.8) is 0 Å². The van der Waals surface area contributed by atoms with E-state index in [0.29, 0.717) is 17.8 Å². The van der Waals surface area contributed by atoms with Gasteiger partial charge in [-0.05, 0) is 43.7 Å². The van der Waals surface area contributed by atoms with Crippen LogP contribution in [0.5, 0.6) is 11.8 Å². The predicted molar refractivity (Wildman–Crippen MR) is 120 cm³/mol. The van der Waals surface area contributed by atoms with Crippen molar-refractivity contribution in [1.29, 1.82) is 0 Å². The van der Waals surface area contributed by atoms with E-state index in [4.69, 9.17) is 16.3 Å². The van der Waals surface area contributed by atoms with Crippen molar-refractivity contribution in [2.24, 2.45) is 11.8 Å². The highest BCUT2D eigenvalue weighted by Gasteiger charge is 2.43. The van der Waals surface area contributed by atoms with Gasteiger partial charge >= 0.3 is 6.01 Å². The first kappa shape index (κ1) is 21.8. The first-order valence-electron chi connectivity index (χ1n) is 10.9. The van der Waals surface area contributed by atoms with Gasteiger partial charge in [0.05, 0.1) is 6.54 Å². The topological polar surface area (TPSA) is 81.0 Å². The molecule has 1 saturated carbocycles. The van der Waals surface area contributed by atoms with E-state index in [1.807, 2.05) is 13.0 Å². The zero-order valence-corrected chi connectivity index (χ0v) is 18.8. The molecule has 33 heavy (non-hydrogen) atoms. The minimum atomic E-state index is -0.634. The highest BCUT2D eigenvalue weighted by Crippen LogP contribution is 2.40. The Balaban J connectivity index is 1.32. The fourth-order valence-electron chi connectivity index (χ4n) is 4.79. The summed E-state index contributed by atoms with van der Waals surface area (Å²) in [4.78, 5) is 15.4. The summed E-state index contributed by atoms with van der Waals surface area (Å²) in [5.41, 5.74) is 0.947. The SMILES string of the molecule is Cc1cc(N2CC3CCC(C2)C3Nc2nc(Oc3cc(F)cc(Cl)c3)n(CCF)n2)ncn1. The van der Waals surface area contributed by atoms with Gasteiger partial charge in [-0.3, -0.25) is 0 Å². The summed E-state index contributed by atoms with van der Waals surface area (Å²) in [6.07, 6.45) is 3.80. The Labute approximate surface area is 195 Å². The van der Waals surface area contributed by atoms with Crippen molar-refractivity contribution < 1.29 is 13.5 Å². The summed E-state index contributed by atoms with van der Waals surface area (Å²) in [7, 11) is 0. The molecule has 0 amide bonds. The number of anilines is 2. The van der Waals surface area contributed by atoms with Crippen molar-refractivity contribution >= 4 is 23.4 Å². The van der Waals surface area contributed by atoms with Gasteiger partial charge in [-0.15, -0.1) is 5.10 Å². The zero-order valence-electron chi connectivity index (χ0n) is 18.1. The Morgan fingerprint density at radius 1 is 1.15 bits per heavy atom. The Morgan fingerprint density at radius 2 is 1.94 bits per heavy atom. The normalized spacial score (nSPS) is 21.9. The fraction of sp³-hybridized carbons (Fsp3) is 0.455. The molecule has 2 unspecified atom stereocenters. The van der Waals surface area contributed by atoms with Crippen LogP contribution in [0.15, 0.2) is 30.6 Å². The first-order valence-corrected chi connectivity index (χ1v) is 11.3. The van der Waals surface area contributed by atoms with Gasteiger partial charge < -0.3 is 15.0 Å². The zero-order chi connectivity index (χ0) is 22.9. The van der Waals surface area contributed by atoms with Gasteiger partial charge in [-0.2, -0.15) is 4.98 Å². The van der Waals surface area contributed by atoms with Crippen LogP contribution < -0.4 is 15.0 Å². The minimum absolute atomic E-state index is 0.0224. The lowest BCUT2D eigenvalue weighted by atomic mass is 9.92. The molecule has 3 heterocycles. The number of alkyl halides is 1. The molecule has 3 aromatic rings. The van der Waals surface area contributed by atoms with Crippen LogP contribution in [-0.4, -0.2) is 50.5 Å². The van der Waals surface area contributed by atoms with Crippen LogP contribution in [0.25, 0.3) is 0 Å². The van der Waals surface area contributed by atoms with E-state index < -0.39 is 12.5 Å². The van der Waals surface area contributed by atoms with Crippen LogP contribution in [0, 0.1) is 24.6 Å². The summed E-state index contributed by atoms with van der Waals surface area (Å²) in [5.74, 6) is 1.76. The largest absolute Gasteiger partial charge is 0.424 e. The minimum Gasteiger partial charge on any atom is -0.424 e. The van der Waals surface area contributed by atoms with Gasteiger partial charge in [0, 0.05) is 42.0 Å². The van der Waals surface area contributed by atoms with Gasteiger partial charge in [0.25, 0.3) is 0 Å².